The molecule has 3 aliphatic carbocycles. The van der Waals surface area contributed by atoms with Gasteiger partial charge in [-0.05, 0) is 54.4 Å². The van der Waals surface area contributed by atoms with Gasteiger partial charge in [-0.15, -0.1) is 11.3 Å². The van der Waals surface area contributed by atoms with Gasteiger partial charge in [0, 0.05) is 6.04 Å². The molecule has 2 aromatic heterocycles. The molecule has 0 amide bonds. The lowest BCUT2D eigenvalue weighted by molar-refractivity contribution is 0.456. The summed E-state index contributed by atoms with van der Waals surface area (Å²) in [6.07, 6.45) is 6.14. The van der Waals surface area contributed by atoms with Crippen LogP contribution in [0.3, 0.4) is 0 Å². The summed E-state index contributed by atoms with van der Waals surface area (Å²) in [5.41, 5.74) is 0. The highest BCUT2D eigenvalue weighted by Gasteiger charge is 2.65. The normalized spacial score (nSPS) is 40.1. The third kappa shape index (κ3) is 1.14. The van der Waals surface area contributed by atoms with E-state index in [4.69, 9.17) is 0 Å². The molecule has 3 fully saturated rings. The Hall–Kier alpha value is -1.16. The molecule has 3 saturated carbocycles. The van der Waals surface area contributed by atoms with Crippen LogP contribution in [0.5, 0.6) is 0 Å². The first kappa shape index (κ1) is 9.73. The van der Waals surface area contributed by atoms with Crippen LogP contribution in [-0.4, -0.2) is 16.0 Å². The molecule has 3 nitrogen and oxygen atoms in total. The van der Waals surface area contributed by atoms with E-state index in [0.29, 0.717) is 6.04 Å². The van der Waals surface area contributed by atoms with Crippen LogP contribution in [0.25, 0.3) is 10.2 Å². The van der Waals surface area contributed by atoms with Crippen LogP contribution in [0, 0.1) is 23.7 Å². The number of rotatable bonds is 2. The van der Waals surface area contributed by atoms with Crippen molar-refractivity contribution in [2.75, 3.05) is 5.32 Å². The van der Waals surface area contributed by atoms with Crippen molar-refractivity contribution in [3.63, 3.8) is 0 Å². The van der Waals surface area contributed by atoms with Gasteiger partial charge < -0.3 is 5.32 Å². The van der Waals surface area contributed by atoms with Gasteiger partial charge in [-0.2, -0.15) is 0 Å². The molecule has 0 spiro atoms. The van der Waals surface area contributed by atoms with E-state index in [0.717, 1.165) is 34.3 Å². The van der Waals surface area contributed by atoms with Crippen molar-refractivity contribution in [1.29, 1.82) is 0 Å². The summed E-state index contributed by atoms with van der Waals surface area (Å²) in [6, 6.07) is 2.84. The predicted molar refractivity (Wildman–Crippen MR) is 72.6 cm³/mol. The predicted octanol–water partition coefficient (Wildman–Crippen LogP) is 3.15. The molecule has 0 radical (unpaired) electrons. The average molecular weight is 257 g/mol. The third-order valence-corrected chi connectivity index (χ3v) is 6.12. The Bertz CT molecular complexity index is 606. The molecule has 1 N–H and O–H groups in total. The number of thiophene rings is 1. The molecule has 92 valence electrons. The number of aromatic nitrogens is 2. The van der Waals surface area contributed by atoms with Gasteiger partial charge in [-0.3, -0.25) is 0 Å². The molecular formula is C14H15N3S. The van der Waals surface area contributed by atoms with Crippen molar-refractivity contribution < 1.29 is 0 Å². The molecule has 0 aromatic carbocycles. The van der Waals surface area contributed by atoms with Gasteiger partial charge >= 0.3 is 0 Å². The lowest BCUT2D eigenvalue weighted by atomic mass is 10.0. The monoisotopic (exact) mass is 257 g/mol. The van der Waals surface area contributed by atoms with Crippen LogP contribution < -0.4 is 5.32 Å². The maximum Gasteiger partial charge on any atom is 0.138 e. The Morgan fingerprint density at radius 2 is 2.00 bits per heavy atom. The second-order valence-corrected chi connectivity index (χ2v) is 6.91. The molecule has 2 bridgehead atoms. The van der Waals surface area contributed by atoms with Crippen molar-refractivity contribution in [3.8, 4) is 0 Å². The molecular weight excluding hydrogens is 242 g/mol. The molecule has 3 aliphatic rings. The zero-order valence-corrected chi connectivity index (χ0v) is 10.9. The third-order valence-electron chi connectivity index (χ3n) is 5.30. The summed E-state index contributed by atoms with van der Waals surface area (Å²) < 4.78 is 0. The van der Waals surface area contributed by atoms with Gasteiger partial charge in [0.25, 0.3) is 0 Å². The molecule has 0 aliphatic heterocycles. The minimum Gasteiger partial charge on any atom is -0.366 e. The minimum atomic E-state index is 0.703. The Balaban J connectivity index is 1.46. The fourth-order valence-corrected chi connectivity index (χ4v) is 5.31. The standard InChI is InChI=1S/C14H15N3S/c1-2-8-5-7(1)10-11(8)12(10)17-13-9-3-4-18-14(9)16-6-15-13/h3-4,6-8,10-12H,1-2,5H2,(H,15,16,17). The zero-order chi connectivity index (χ0) is 11.7. The summed E-state index contributed by atoms with van der Waals surface area (Å²) in [5, 5.41) is 7.00. The summed E-state index contributed by atoms with van der Waals surface area (Å²) in [5.74, 6) is 4.98. The quantitative estimate of drug-likeness (QED) is 0.898. The van der Waals surface area contributed by atoms with Gasteiger partial charge in [-0.25, -0.2) is 9.97 Å². The van der Waals surface area contributed by atoms with E-state index in [2.05, 4.69) is 26.7 Å². The molecule has 4 atom stereocenters. The van der Waals surface area contributed by atoms with Gasteiger partial charge in [0.2, 0.25) is 0 Å². The second-order valence-electron chi connectivity index (χ2n) is 6.02. The van der Waals surface area contributed by atoms with Gasteiger partial charge in [0.05, 0.1) is 5.39 Å². The number of nitrogens with zero attached hydrogens (tertiary/aromatic N) is 2. The fourth-order valence-electron chi connectivity index (χ4n) is 4.58. The average Bonchev–Trinajstić information content (AvgIpc) is 2.84. The van der Waals surface area contributed by atoms with E-state index < -0.39 is 0 Å². The first-order chi connectivity index (χ1) is 8.92. The largest absolute Gasteiger partial charge is 0.366 e. The lowest BCUT2D eigenvalue weighted by Crippen LogP contribution is -2.13. The zero-order valence-electron chi connectivity index (χ0n) is 10.0. The van der Waals surface area contributed by atoms with E-state index in [1.165, 1.54) is 24.6 Å². The molecule has 2 aromatic rings. The van der Waals surface area contributed by atoms with Gasteiger partial charge in [0.1, 0.15) is 17.0 Å². The second kappa shape index (κ2) is 3.23. The summed E-state index contributed by atoms with van der Waals surface area (Å²) >= 11 is 1.69. The first-order valence-electron chi connectivity index (χ1n) is 6.86. The Morgan fingerprint density at radius 3 is 2.83 bits per heavy atom. The molecule has 4 unspecified atom stereocenters. The van der Waals surface area contributed by atoms with Crippen molar-refractivity contribution in [1.82, 2.24) is 9.97 Å². The number of hydrogen-bond acceptors (Lipinski definition) is 4. The van der Waals surface area contributed by atoms with E-state index in [1.54, 1.807) is 17.7 Å². The first-order valence-corrected chi connectivity index (χ1v) is 7.74. The summed E-state index contributed by atoms with van der Waals surface area (Å²) in [4.78, 5) is 9.85. The van der Waals surface area contributed by atoms with Crippen LogP contribution in [0.2, 0.25) is 0 Å². The van der Waals surface area contributed by atoms with Crippen LogP contribution >= 0.6 is 11.3 Å². The van der Waals surface area contributed by atoms with Crippen LogP contribution in [-0.2, 0) is 0 Å². The summed E-state index contributed by atoms with van der Waals surface area (Å²) in [6.45, 7) is 0. The highest BCUT2D eigenvalue weighted by molar-refractivity contribution is 7.16. The minimum absolute atomic E-state index is 0.703. The maximum absolute atomic E-state index is 4.44. The van der Waals surface area contributed by atoms with Crippen molar-refractivity contribution in [3.05, 3.63) is 17.8 Å². The number of hydrogen-bond donors (Lipinski definition) is 1. The molecule has 4 heteroatoms. The maximum atomic E-state index is 4.44. The van der Waals surface area contributed by atoms with Crippen molar-refractivity contribution in [2.45, 2.75) is 25.3 Å². The smallest absolute Gasteiger partial charge is 0.138 e. The Morgan fingerprint density at radius 1 is 1.17 bits per heavy atom. The fraction of sp³-hybridized carbons (Fsp3) is 0.571. The SMILES string of the molecule is c1nc(NC2C3C4CCC(C4)C23)c2ccsc2n1. The van der Waals surface area contributed by atoms with Crippen molar-refractivity contribution in [2.24, 2.45) is 23.7 Å². The van der Waals surface area contributed by atoms with Crippen LogP contribution in [0.1, 0.15) is 19.3 Å². The van der Waals surface area contributed by atoms with Crippen molar-refractivity contribution >= 4 is 27.4 Å². The lowest BCUT2D eigenvalue weighted by Gasteiger charge is -2.11. The summed E-state index contributed by atoms with van der Waals surface area (Å²) in [7, 11) is 0. The van der Waals surface area contributed by atoms with Gasteiger partial charge in [0.15, 0.2) is 0 Å². The Kier molecular flexibility index (Phi) is 1.75. The van der Waals surface area contributed by atoms with Crippen LogP contribution in [0.15, 0.2) is 17.8 Å². The topological polar surface area (TPSA) is 37.8 Å². The molecule has 2 heterocycles. The Labute approximate surface area is 110 Å². The molecule has 18 heavy (non-hydrogen) atoms. The van der Waals surface area contributed by atoms with Gasteiger partial charge in [-0.1, -0.05) is 0 Å². The highest BCUT2D eigenvalue weighted by Crippen LogP contribution is 2.66. The molecule has 0 saturated heterocycles. The van der Waals surface area contributed by atoms with E-state index in [-0.39, 0.29) is 0 Å². The highest BCUT2D eigenvalue weighted by atomic mass is 32.1. The van der Waals surface area contributed by atoms with E-state index >= 15 is 0 Å². The molecule has 5 rings (SSSR count). The number of fused-ring (bicyclic) bond motifs is 6. The number of anilines is 1. The van der Waals surface area contributed by atoms with E-state index in [9.17, 15) is 0 Å². The van der Waals surface area contributed by atoms with E-state index in [1.807, 2.05) is 0 Å². The van der Waals surface area contributed by atoms with Crippen LogP contribution in [0.4, 0.5) is 5.82 Å². The number of nitrogens with one attached hydrogen (secondary N) is 1.